The van der Waals surface area contributed by atoms with Gasteiger partial charge in [0.25, 0.3) is 11.8 Å². The van der Waals surface area contributed by atoms with Crippen LogP contribution in [-0.2, 0) is 11.3 Å². The van der Waals surface area contributed by atoms with E-state index < -0.39 is 23.5 Å². The summed E-state index contributed by atoms with van der Waals surface area (Å²) < 4.78 is 13.2. The number of halogens is 1. The zero-order valence-corrected chi connectivity index (χ0v) is 17.8. The minimum absolute atomic E-state index is 0.0899. The summed E-state index contributed by atoms with van der Waals surface area (Å²) in [6.07, 6.45) is 2.95. The summed E-state index contributed by atoms with van der Waals surface area (Å²) >= 11 is 1.25. The quantitative estimate of drug-likeness (QED) is 0.588. The Morgan fingerprint density at radius 3 is 2.48 bits per heavy atom. The van der Waals surface area contributed by atoms with Gasteiger partial charge in [-0.2, -0.15) is 0 Å². The van der Waals surface area contributed by atoms with Gasteiger partial charge in [0.2, 0.25) is 5.91 Å². The Hall–Kier alpha value is -3.59. The number of carbonyl (C=O) groups excluding carboxylic acids is 3. The van der Waals surface area contributed by atoms with Crippen molar-refractivity contribution < 1.29 is 18.8 Å². The molecule has 0 saturated heterocycles. The van der Waals surface area contributed by atoms with Gasteiger partial charge in [0.05, 0.1) is 11.1 Å². The molecule has 0 spiro atoms. The highest BCUT2D eigenvalue weighted by atomic mass is 32.1. The van der Waals surface area contributed by atoms with Gasteiger partial charge in [0.1, 0.15) is 17.4 Å². The van der Waals surface area contributed by atoms with Crippen LogP contribution in [0.3, 0.4) is 0 Å². The lowest BCUT2D eigenvalue weighted by Crippen LogP contribution is -2.37. The van der Waals surface area contributed by atoms with Crippen LogP contribution in [0.15, 0.2) is 48.8 Å². The third-order valence-electron chi connectivity index (χ3n) is 4.70. The van der Waals surface area contributed by atoms with Crippen LogP contribution in [-0.4, -0.2) is 34.2 Å². The number of thiophene rings is 1. The minimum atomic E-state index is -0.633. The first-order valence-electron chi connectivity index (χ1n) is 9.39. The van der Waals surface area contributed by atoms with Gasteiger partial charge in [-0.3, -0.25) is 19.4 Å². The number of primary amides is 1. The Morgan fingerprint density at radius 2 is 1.87 bits per heavy atom. The Kier molecular flexibility index (Phi) is 6.76. The molecule has 2 heterocycles. The molecule has 7 nitrogen and oxygen atoms in total. The second-order valence-electron chi connectivity index (χ2n) is 6.93. The van der Waals surface area contributed by atoms with Crippen molar-refractivity contribution in [1.29, 1.82) is 0 Å². The van der Waals surface area contributed by atoms with E-state index in [0.29, 0.717) is 21.7 Å². The van der Waals surface area contributed by atoms with Crippen LogP contribution in [0.4, 0.5) is 9.39 Å². The van der Waals surface area contributed by atoms with Gasteiger partial charge in [0, 0.05) is 23.8 Å². The molecule has 0 aliphatic heterocycles. The van der Waals surface area contributed by atoms with Crippen molar-refractivity contribution in [1.82, 2.24) is 9.88 Å². The summed E-state index contributed by atoms with van der Waals surface area (Å²) in [5, 5.41) is 3.04. The molecule has 160 valence electrons. The third kappa shape index (κ3) is 5.32. The average Bonchev–Trinajstić information content (AvgIpc) is 3.02. The highest BCUT2D eigenvalue weighted by Gasteiger charge is 2.23. The summed E-state index contributed by atoms with van der Waals surface area (Å²) in [6, 6.07) is 8.90. The number of hydrogen-bond acceptors (Lipinski definition) is 5. The van der Waals surface area contributed by atoms with Crippen molar-refractivity contribution in [2.75, 3.05) is 11.9 Å². The topological polar surface area (TPSA) is 105 Å². The number of aromatic nitrogens is 1. The maximum absolute atomic E-state index is 13.2. The molecule has 9 heteroatoms. The molecule has 3 rings (SSSR count). The average molecular weight is 441 g/mol. The number of benzene rings is 1. The number of aryl methyl sites for hydroxylation is 1. The third-order valence-corrected chi connectivity index (χ3v) is 5.82. The smallest absolute Gasteiger partial charge is 0.256 e. The van der Waals surface area contributed by atoms with Crippen molar-refractivity contribution in [3.05, 3.63) is 81.7 Å². The number of amides is 3. The molecule has 0 atom stereocenters. The summed E-state index contributed by atoms with van der Waals surface area (Å²) in [4.78, 5) is 43.7. The van der Waals surface area contributed by atoms with E-state index in [0.717, 1.165) is 4.88 Å². The molecule has 2 aromatic heterocycles. The van der Waals surface area contributed by atoms with Crippen LogP contribution in [0.2, 0.25) is 0 Å². The van der Waals surface area contributed by atoms with Crippen molar-refractivity contribution in [3.8, 4) is 0 Å². The zero-order chi connectivity index (χ0) is 22.5. The van der Waals surface area contributed by atoms with Gasteiger partial charge in [-0.05, 0) is 49.2 Å². The molecule has 3 N–H and O–H groups in total. The number of nitrogens with one attached hydrogen (secondary N) is 1. The molecule has 0 unspecified atom stereocenters. The highest BCUT2D eigenvalue weighted by molar-refractivity contribution is 7.16. The molecule has 0 saturated carbocycles. The van der Waals surface area contributed by atoms with E-state index in [1.807, 2.05) is 6.92 Å². The highest BCUT2D eigenvalue weighted by Crippen LogP contribution is 2.32. The van der Waals surface area contributed by atoms with Crippen molar-refractivity contribution in [2.24, 2.45) is 5.73 Å². The fourth-order valence-corrected chi connectivity index (χ4v) is 4.11. The van der Waals surface area contributed by atoms with Crippen LogP contribution in [0.1, 0.15) is 36.7 Å². The first-order valence-corrected chi connectivity index (χ1v) is 10.2. The fraction of sp³-hybridized carbons (Fsp3) is 0.182. The van der Waals surface area contributed by atoms with E-state index in [1.165, 1.54) is 34.6 Å². The van der Waals surface area contributed by atoms with Crippen LogP contribution in [0.25, 0.3) is 0 Å². The number of pyridine rings is 1. The predicted molar refractivity (Wildman–Crippen MR) is 116 cm³/mol. The van der Waals surface area contributed by atoms with E-state index in [4.69, 9.17) is 5.73 Å². The molecular formula is C22H21FN4O3S. The molecule has 0 aliphatic carbocycles. The molecule has 3 aromatic rings. The SMILES string of the molecule is Cc1sc(NC(=O)CN(Cc2ccc(F)cc2)C(=O)c2cccnc2)c(C(N)=O)c1C. The van der Waals surface area contributed by atoms with Crippen LogP contribution >= 0.6 is 11.3 Å². The van der Waals surface area contributed by atoms with Gasteiger partial charge in [-0.15, -0.1) is 11.3 Å². The summed E-state index contributed by atoms with van der Waals surface area (Å²) in [7, 11) is 0. The lowest BCUT2D eigenvalue weighted by Gasteiger charge is -2.22. The molecule has 0 bridgehead atoms. The van der Waals surface area contributed by atoms with Crippen molar-refractivity contribution in [3.63, 3.8) is 0 Å². The van der Waals surface area contributed by atoms with E-state index >= 15 is 0 Å². The minimum Gasteiger partial charge on any atom is -0.365 e. The lowest BCUT2D eigenvalue weighted by molar-refractivity contribution is -0.117. The van der Waals surface area contributed by atoms with E-state index in [2.05, 4.69) is 10.3 Å². The summed E-state index contributed by atoms with van der Waals surface area (Å²) in [5.41, 5.74) is 7.41. The van der Waals surface area contributed by atoms with Gasteiger partial charge in [0.15, 0.2) is 0 Å². The number of nitrogens with two attached hydrogens (primary N) is 1. The Morgan fingerprint density at radius 1 is 1.16 bits per heavy atom. The van der Waals surface area contributed by atoms with Crippen LogP contribution < -0.4 is 11.1 Å². The maximum Gasteiger partial charge on any atom is 0.256 e. The second kappa shape index (κ2) is 9.48. The fourth-order valence-electron chi connectivity index (χ4n) is 3.03. The van der Waals surface area contributed by atoms with Gasteiger partial charge >= 0.3 is 0 Å². The van der Waals surface area contributed by atoms with Gasteiger partial charge < -0.3 is 16.0 Å². The molecule has 0 radical (unpaired) electrons. The largest absolute Gasteiger partial charge is 0.365 e. The van der Waals surface area contributed by atoms with Crippen LogP contribution in [0.5, 0.6) is 0 Å². The Labute approximate surface area is 182 Å². The van der Waals surface area contributed by atoms with Gasteiger partial charge in [-0.1, -0.05) is 12.1 Å². The molecule has 31 heavy (non-hydrogen) atoms. The first kappa shape index (κ1) is 22.1. The van der Waals surface area contributed by atoms with E-state index in [1.54, 1.807) is 37.4 Å². The van der Waals surface area contributed by atoms with Crippen LogP contribution in [0, 0.1) is 19.7 Å². The molecule has 1 aromatic carbocycles. The molecule has 3 amide bonds. The maximum atomic E-state index is 13.2. The van der Waals surface area contributed by atoms with Crippen molar-refractivity contribution in [2.45, 2.75) is 20.4 Å². The summed E-state index contributed by atoms with van der Waals surface area (Å²) in [6.45, 7) is 3.40. The summed E-state index contributed by atoms with van der Waals surface area (Å²) in [5.74, 6) is -1.91. The number of carbonyl (C=O) groups is 3. The van der Waals surface area contributed by atoms with E-state index in [-0.39, 0.29) is 18.7 Å². The molecule has 0 fully saturated rings. The second-order valence-corrected chi connectivity index (χ2v) is 8.15. The molecular weight excluding hydrogens is 419 g/mol. The zero-order valence-electron chi connectivity index (χ0n) is 17.0. The predicted octanol–water partition coefficient (Wildman–Crippen LogP) is 3.28. The number of hydrogen-bond donors (Lipinski definition) is 2. The van der Waals surface area contributed by atoms with E-state index in [9.17, 15) is 18.8 Å². The normalized spacial score (nSPS) is 10.5. The number of anilines is 1. The van der Waals surface area contributed by atoms with Gasteiger partial charge in [-0.25, -0.2) is 4.39 Å². The number of rotatable bonds is 7. The first-order chi connectivity index (χ1) is 14.8. The Bertz CT molecular complexity index is 1110. The Balaban J connectivity index is 1.83. The van der Waals surface area contributed by atoms with Crippen molar-refractivity contribution >= 4 is 34.1 Å². The monoisotopic (exact) mass is 440 g/mol. The standard InChI is InChI=1S/C22H21FN4O3S/c1-13-14(2)31-21(19(13)20(24)29)26-18(28)12-27(11-15-5-7-17(23)8-6-15)22(30)16-4-3-9-25-10-16/h3-10H,11-12H2,1-2H3,(H2,24,29)(H,26,28). The lowest BCUT2D eigenvalue weighted by atomic mass is 10.1. The molecule has 0 aliphatic rings. The number of nitrogens with zero attached hydrogens (tertiary/aromatic N) is 2.